The van der Waals surface area contributed by atoms with Gasteiger partial charge >= 0.3 is 12.1 Å². The molecule has 1 aromatic heterocycles. The summed E-state index contributed by atoms with van der Waals surface area (Å²) in [5, 5.41) is 17.5. The molecule has 134 valence electrons. The van der Waals surface area contributed by atoms with Crippen LogP contribution in [0.25, 0.3) is 10.9 Å². The van der Waals surface area contributed by atoms with Crippen LogP contribution in [0.3, 0.4) is 0 Å². The van der Waals surface area contributed by atoms with Crippen molar-refractivity contribution >= 4 is 22.5 Å². The monoisotopic (exact) mass is 363 g/mol. The number of aromatic nitrogens is 1. The number of fused-ring (bicyclic) bond motifs is 1. The first-order chi connectivity index (χ1) is 12.3. The highest BCUT2D eigenvalue weighted by molar-refractivity contribution is 5.94. The normalized spacial score (nSPS) is 12.0. The molecule has 6 nitrogen and oxygen atoms in total. The molecular formula is C17H12F3N3O3. The minimum absolute atomic E-state index is 0.0908. The summed E-state index contributed by atoms with van der Waals surface area (Å²) in [7, 11) is 0. The summed E-state index contributed by atoms with van der Waals surface area (Å²) in [6.07, 6.45) is -4.50. The van der Waals surface area contributed by atoms with Crippen LogP contribution in [-0.2, 0) is 11.0 Å². The third-order valence-electron chi connectivity index (χ3n) is 3.44. The van der Waals surface area contributed by atoms with Crippen LogP contribution in [0, 0.1) is 0 Å². The van der Waals surface area contributed by atoms with E-state index in [4.69, 9.17) is 4.74 Å². The number of aromatic hydroxyl groups is 1. The number of carbonyl (C=O) groups excluding carboxylic acids is 1. The van der Waals surface area contributed by atoms with Crippen LogP contribution in [0.4, 0.5) is 18.9 Å². The SMILES string of the molecule is O=C(COc1cccc(C(F)(F)F)c1)N=Nc1c(O)[nH]c2ccccc12. The standard InChI is InChI=1S/C17H12F3N3O3/c18-17(19,20)10-4-3-5-11(8-10)26-9-14(24)22-23-15-12-6-1-2-7-13(12)21-16(15)25/h1-8,21,25H,9H2. The van der Waals surface area contributed by atoms with Gasteiger partial charge in [-0.2, -0.15) is 13.2 Å². The second-order valence-corrected chi connectivity index (χ2v) is 5.28. The van der Waals surface area contributed by atoms with Crippen molar-refractivity contribution in [2.24, 2.45) is 10.2 Å². The Morgan fingerprint density at radius 3 is 2.69 bits per heavy atom. The fraction of sp³-hybridized carbons (Fsp3) is 0.118. The van der Waals surface area contributed by atoms with Gasteiger partial charge in [-0.1, -0.05) is 24.3 Å². The van der Waals surface area contributed by atoms with Crippen molar-refractivity contribution in [1.82, 2.24) is 4.98 Å². The van der Waals surface area contributed by atoms with Crippen molar-refractivity contribution < 1.29 is 27.8 Å². The van der Waals surface area contributed by atoms with E-state index in [0.717, 1.165) is 12.1 Å². The van der Waals surface area contributed by atoms with Gasteiger partial charge < -0.3 is 14.8 Å². The molecule has 0 fully saturated rings. The second kappa shape index (κ2) is 6.87. The molecule has 1 heterocycles. The molecule has 2 aromatic carbocycles. The highest BCUT2D eigenvalue weighted by Crippen LogP contribution is 2.35. The maximum absolute atomic E-state index is 12.6. The second-order valence-electron chi connectivity index (χ2n) is 5.28. The van der Waals surface area contributed by atoms with Crippen LogP contribution in [0.5, 0.6) is 11.6 Å². The minimum atomic E-state index is -4.50. The Morgan fingerprint density at radius 2 is 1.92 bits per heavy atom. The number of H-pyrrole nitrogens is 1. The first kappa shape index (κ1) is 17.5. The number of ether oxygens (including phenoxy) is 1. The summed E-state index contributed by atoms with van der Waals surface area (Å²) in [5.41, 5.74) is -0.174. The molecular weight excluding hydrogens is 351 g/mol. The molecule has 9 heteroatoms. The van der Waals surface area contributed by atoms with Crippen LogP contribution in [0.1, 0.15) is 5.56 Å². The fourth-order valence-corrected chi connectivity index (χ4v) is 2.26. The topological polar surface area (TPSA) is 87.0 Å². The summed E-state index contributed by atoms with van der Waals surface area (Å²) in [4.78, 5) is 14.4. The van der Waals surface area contributed by atoms with Gasteiger partial charge in [0.05, 0.1) is 11.1 Å². The molecule has 0 aliphatic carbocycles. The van der Waals surface area contributed by atoms with Gasteiger partial charge in [0.1, 0.15) is 5.75 Å². The number of rotatable bonds is 4. The molecule has 0 saturated heterocycles. The number of amides is 1. The van der Waals surface area contributed by atoms with Gasteiger partial charge in [0.15, 0.2) is 12.3 Å². The van der Waals surface area contributed by atoms with Gasteiger partial charge in [-0.25, -0.2) is 0 Å². The average molecular weight is 363 g/mol. The van der Waals surface area contributed by atoms with Crippen molar-refractivity contribution in [3.8, 4) is 11.6 Å². The number of para-hydroxylation sites is 1. The van der Waals surface area contributed by atoms with Crippen LogP contribution in [0.15, 0.2) is 58.8 Å². The van der Waals surface area contributed by atoms with Gasteiger partial charge in [-0.15, -0.1) is 10.2 Å². The summed E-state index contributed by atoms with van der Waals surface area (Å²) < 4.78 is 42.9. The molecule has 0 atom stereocenters. The largest absolute Gasteiger partial charge is 0.493 e. The number of aromatic amines is 1. The molecule has 26 heavy (non-hydrogen) atoms. The lowest BCUT2D eigenvalue weighted by Gasteiger charge is -2.08. The van der Waals surface area contributed by atoms with Crippen molar-refractivity contribution in [3.63, 3.8) is 0 Å². The van der Waals surface area contributed by atoms with Crippen LogP contribution >= 0.6 is 0 Å². The van der Waals surface area contributed by atoms with Crippen molar-refractivity contribution in [2.75, 3.05) is 6.61 Å². The number of halogens is 3. The third-order valence-corrected chi connectivity index (χ3v) is 3.44. The molecule has 0 bridgehead atoms. The van der Waals surface area contributed by atoms with E-state index in [1.165, 1.54) is 12.1 Å². The van der Waals surface area contributed by atoms with E-state index >= 15 is 0 Å². The molecule has 0 spiro atoms. The van der Waals surface area contributed by atoms with Gasteiger partial charge in [0.25, 0.3) is 0 Å². The zero-order chi connectivity index (χ0) is 18.7. The molecule has 0 aliphatic heterocycles. The van der Waals surface area contributed by atoms with Crippen molar-refractivity contribution in [2.45, 2.75) is 6.18 Å². The maximum Gasteiger partial charge on any atom is 0.416 e. The van der Waals surface area contributed by atoms with E-state index < -0.39 is 24.3 Å². The number of nitrogens with one attached hydrogen (secondary N) is 1. The molecule has 1 amide bonds. The molecule has 0 saturated carbocycles. The Kier molecular flexibility index (Phi) is 4.61. The highest BCUT2D eigenvalue weighted by atomic mass is 19.4. The lowest BCUT2D eigenvalue weighted by Crippen LogP contribution is -2.09. The van der Waals surface area contributed by atoms with E-state index in [2.05, 4.69) is 15.2 Å². The van der Waals surface area contributed by atoms with E-state index in [1.54, 1.807) is 24.3 Å². The van der Waals surface area contributed by atoms with Crippen LogP contribution in [0.2, 0.25) is 0 Å². The van der Waals surface area contributed by atoms with Crippen LogP contribution < -0.4 is 4.74 Å². The Labute approximate surface area is 144 Å². The fourth-order valence-electron chi connectivity index (χ4n) is 2.26. The quantitative estimate of drug-likeness (QED) is 0.665. The first-order valence-electron chi connectivity index (χ1n) is 7.39. The molecule has 2 N–H and O–H groups in total. The van der Waals surface area contributed by atoms with Crippen LogP contribution in [-0.4, -0.2) is 22.6 Å². The number of azo groups is 1. The number of hydrogen-bond donors (Lipinski definition) is 2. The first-order valence-corrected chi connectivity index (χ1v) is 7.39. The highest BCUT2D eigenvalue weighted by Gasteiger charge is 2.30. The number of hydrogen-bond acceptors (Lipinski definition) is 4. The zero-order valence-electron chi connectivity index (χ0n) is 13.1. The summed E-state index contributed by atoms with van der Waals surface area (Å²) in [5.74, 6) is -1.17. The Hall–Kier alpha value is -3.36. The van der Waals surface area contributed by atoms with E-state index in [-0.39, 0.29) is 17.3 Å². The predicted molar refractivity (Wildman–Crippen MR) is 86.4 cm³/mol. The van der Waals surface area contributed by atoms with E-state index in [9.17, 15) is 23.1 Å². The smallest absolute Gasteiger partial charge is 0.416 e. The number of benzene rings is 2. The lowest BCUT2D eigenvalue weighted by molar-refractivity contribution is -0.137. The van der Waals surface area contributed by atoms with E-state index in [0.29, 0.717) is 10.9 Å². The molecule has 0 unspecified atom stereocenters. The lowest BCUT2D eigenvalue weighted by atomic mass is 10.2. The number of alkyl halides is 3. The number of carbonyl (C=O) groups is 1. The maximum atomic E-state index is 12.6. The molecule has 3 aromatic rings. The third kappa shape index (κ3) is 3.82. The Balaban J connectivity index is 1.68. The van der Waals surface area contributed by atoms with Gasteiger partial charge in [0, 0.05) is 5.39 Å². The zero-order valence-corrected chi connectivity index (χ0v) is 13.1. The predicted octanol–water partition coefficient (Wildman–Crippen LogP) is 4.58. The Bertz CT molecular complexity index is 980. The van der Waals surface area contributed by atoms with Gasteiger partial charge in [0.2, 0.25) is 5.88 Å². The van der Waals surface area contributed by atoms with Gasteiger partial charge in [-0.05, 0) is 24.3 Å². The summed E-state index contributed by atoms with van der Waals surface area (Å²) >= 11 is 0. The molecule has 0 aliphatic rings. The van der Waals surface area contributed by atoms with Gasteiger partial charge in [-0.3, -0.25) is 4.79 Å². The molecule has 0 radical (unpaired) electrons. The Morgan fingerprint density at radius 1 is 1.15 bits per heavy atom. The summed E-state index contributed by atoms with van der Waals surface area (Å²) in [6, 6.07) is 11.0. The summed E-state index contributed by atoms with van der Waals surface area (Å²) in [6.45, 7) is -0.589. The molecule has 3 rings (SSSR count). The van der Waals surface area contributed by atoms with Crippen molar-refractivity contribution in [3.05, 3.63) is 54.1 Å². The van der Waals surface area contributed by atoms with Crippen molar-refractivity contribution in [1.29, 1.82) is 0 Å². The number of nitrogens with zero attached hydrogens (tertiary/aromatic N) is 2. The van der Waals surface area contributed by atoms with E-state index in [1.807, 2.05) is 0 Å². The minimum Gasteiger partial charge on any atom is -0.493 e. The average Bonchev–Trinajstić information content (AvgIpc) is 2.93.